The molecule has 0 radical (unpaired) electrons. The second kappa shape index (κ2) is 6.40. The van der Waals surface area contributed by atoms with E-state index in [1.165, 1.54) is 6.07 Å². The van der Waals surface area contributed by atoms with Crippen molar-refractivity contribution in [3.63, 3.8) is 0 Å². The molecule has 2 rings (SSSR count). The number of rotatable bonds is 3. The molecule has 8 nitrogen and oxygen atoms in total. The SMILES string of the molecule is CN1CCCN(c2ccc(C(N)=NO)cc2[N+](=O)[O-])CC1. The summed E-state index contributed by atoms with van der Waals surface area (Å²) in [4.78, 5) is 15.1. The third-order valence-corrected chi connectivity index (χ3v) is 3.64. The van der Waals surface area contributed by atoms with Crippen LogP contribution in [0.5, 0.6) is 0 Å². The minimum Gasteiger partial charge on any atom is -0.409 e. The first-order chi connectivity index (χ1) is 10.0. The molecule has 1 heterocycles. The summed E-state index contributed by atoms with van der Waals surface area (Å²) in [6.07, 6.45) is 0.954. The molecule has 0 spiro atoms. The summed E-state index contributed by atoms with van der Waals surface area (Å²) in [6.45, 7) is 3.35. The molecule has 0 bridgehead atoms. The highest BCUT2D eigenvalue weighted by atomic mass is 16.6. The lowest BCUT2D eigenvalue weighted by Gasteiger charge is -2.22. The molecule has 0 aromatic heterocycles. The Morgan fingerprint density at radius 2 is 2.14 bits per heavy atom. The average Bonchev–Trinajstić information content (AvgIpc) is 2.70. The number of nitro groups is 1. The van der Waals surface area contributed by atoms with Gasteiger partial charge in [0.25, 0.3) is 5.69 Å². The third kappa shape index (κ3) is 3.40. The molecular weight excluding hydrogens is 274 g/mol. The van der Waals surface area contributed by atoms with E-state index in [9.17, 15) is 10.1 Å². The van der Waals surface area contributed by atoms with Gasteiger partial charge in [0.2, 0.25) is 0 Å². The molecule has 1 aliphatic heterocycles. The Hall–Kier alpha value is -2.35. The number of nitro benzene ring substituents is 1. The van der Waals surface area contributed by atoms with Crippen molar-refractivity contribution in [1.29, 1.82) is 0 Å². The predicted molar refractivity (Wildman–Crippen MR) is 79.9 cm³/mol. The molecule has 1 aromatic carbocycles. The van der Waals surface area contributed by atoms with Crippen LogP contribution in [0.25, 0.3) is 0 Å². The van der Waals surface area contributed by atoms with Gasteiger partial charge in [0.1, 0.15) is 5.69 Å². The van der Waals surface area contributed by atoms with Gasteiger partial charge in [-0.25, -0.2) is 0 Å². The summed E-state index contributed by atoms with van der Waals surface area (Å²) in [7, 11) is 2.04. The van der Waals surface area contributed by atoms with Crippen LogP contribution in [0.3, 0.4) is 0 Å². The third-order valence-electron chi connectivity index (χ3n) is 3.64. The highest BCUT2D eigenvalue weighted by Gasteiger charge is 2.22. The number of nitrogens with zero attached hydrogens (tertiary/aromatic N) is 4. The number of hydrogen-bond acceptors (Lipinski definition) is 6. The van der Waals surface area contributed by atoms with Crippen molar-refractivity contribution in [3.8, 4) is 0 Å². The molecule has 114 valence electrons. The van der Waals surface area contributed by atoms with Gasteiger partial charge in [-0.3, -0.25) is 10.1 Å². The fourth-order valence-corrected chi connectivity index (χ4v) is 2.44. The van der Waals surface area contributed by atoms with Crippen LogP contribution in [0.2, 0.25) is 0 Å². The van der Waals surface area contributed by atoms with Gasteiger partial charge in [0.05, 0.1) is 4.92 Å². The standard InChI is InChI=1S/C13H19N5O3/c1-16-5-2-6-17(8-7-16)11-4-3-10(13(14)15-19)9-12(11)18(20)21/h3-4,9,19H,2,5-8H2,1H3,(H2,14,15). The normalized spacial score (nSPS) is 17.6. The van der Waals surface area contributed by atoms with Gasteiger partial charge < -0.3 is 20.7 Å². The van der Waals surface area contributed by atoms with Gasteiger partial charge >= 0.3 is 0 Å². The molecular formula is C13H19N5O3. The van der Waals surface area contributed by atoms with Gasteiger partial charge in [0, 0.05) is 31.3 Å². The Bertz CT molecular complexity index is 561. The van der Waals surface area contributed by atoms with Crippen LogP contribution in [0.15, 0.2) is 23.4 Å². The summed E-state index contributed by atoms with van der Waals surface area (Å²) < 4.78 is 0. The topological polar surface area (TPSA) is 108 Å². The van der Waals surface area contributed by atoms with Crippen LogP contribution in [0.1, 0.15) is 12.0 Å². The quantitative estimate of drug-likeness (QED) is 0.281. The Kier molecular flexibility index (Phi) is 4.59. The van der Waals surface area contributed by atoms with Crippen molar-refractivity contribution in [2.24, 2.45) is 10.9 Å². The maximum Gasteiger partial charge on any atom is 0.293 e. The summed E-state index contributed by atoms with van der Waals surface area (Å²) >= 11 is 0. The summed E-state index contributed by atoms with van der Waals surface area (Å²) in [6, 6.07) is 4.64. The molecule has 0 aliphatic carbocycles. The lowest BCUT2D eigenvalue weighted by atomic mass is 10.1. The van der Waals surface area contributed by atoms with Crippen LogP contribution >= 0.6 is 0 Å². The van der Waals surface area contributed by atoms with E-state index in [1.54, 1.807) is 12.1 Å². The van der Waals surface area contributed by atoms with Crippen molar-refractivity contribution in [2.45, 2.75) is 6.42 Å². The number of hydrogen-bond donors (Lipinski definition) is 2. The predicted octanol–water partition coefficient (Wildman–Crippen LogP) is 0.831. The zero-order valence-corrected chi connectivity index (χ0v) is 11.9. The second-order valence-corrected chi connectivity index (χ2v) is 5.09. The monoisotopic (exact) mass is 293 g/mol. The number of likely N-dealkylation sites (N-methyl/N-ethyl adjacent to an activating group) is 1. The zero-order valence-electron chi connectivity index (χ0n) is 11.9. The van der Waals surface area contributed by atoms with Gasteiger partial charge in [-0.2, -0.15) is 0 Å². The molecule has 1 saturated heterocycles. The van der Waals surface area contributed by atoms with E-state index in [-0.39, 0.29) is 11.5 Å². The maximum absolute atomic E-state index is 11.3. The van der Waals surface area contributed by atoms with Gasteiger partial charge in [-0.15, -0.1) is 0 Å². The first kappa shape index (κ1) is 15.0. The van der Waals surface area contributed by atoms with Gasteiger partial charge in [-0.05, 0) is 32.1 Å². The molecule has 0 amide bonds. The van der Waals surface area contributed by atoms with E-state index in [0.717, 1.165) is 32.6 Å². The molecule has 8 heteroatoms. The van der Waals surface area contributed by atoms with E-state index in [0.29, 0.717) is 11.3 Å². The minimum absolute atomic E-state index is 0.0244. The van der Waals surface area contributed by atoms with Crippen molar-refractivity contribution in [1.82, 2.24) is 4.90 Å². The number of oxime groups is 1. The zero-order chi connectivity index (χ0) is 15.4. The van der Waals surface area contributed by atoms with E-state index in [2.05, 4.69) is 10.1 Å². The van der Waals surface area contributed by atoms with Crippen molar-refractivity contribution in [2.75, 3.05) is 38.1 Å². The second-order valence-electron chi connectivity index (χ2n) is 5.09. The van der Waals surface area contributed by atoms with Crippen LogP contribution in [-0.4, -0.2) is 54.1 Å². The Labute approximate surface area is 122 Å². The largest absolute Gasteiger partial charge is 0.409 e. The molecule has 1 fully saturated rings. The van der Waals surface area contributed by atoms with E-state index >= 15 is 0 Å². The lowest BCUT2D eigenvalue weighted by Crippen LogP contribution is -2.29. The smallest absolute Gasteiger partial charge is 0.293 e. The highest BCUT2D eigenvalue weighted by Crippen LogP contribution is 2.30. The molecule has 21 heavy (non-hydrogen) atoms. The van der Waals surface area contributed by atoms with Crippen molar-refractivity contribution < 1.29 is 10.1 Å². The molecule has 3 N–H and O–H groups in total. The number of amidine groups is 1. The number of benzene rings is 1. The first-order valence-corrected chi connectivity index (χ1v) is 6.72. The molecule has 1 aliphatic rings. The average molecular weight is 293 g/mol. The summed E-state index contributed by atoms with van der Waals surface area (Å²) in [5.74, 6) is -0.139. The van der Waals surface area contributed by atoms with E-state index in [1.807, 2.05) is 11.9 Å². The fraction of sp³-hybridized carbons (Fsp3) is 0.462. The number of nitrogens with two attached hydrogens (primary N) is 1. The summed E-state index contributed by atoms with van der Waals surface area (Å²) in [5, 5.41) is 22.9. The molecule has 1 aromatic rings. The van der Waals surface area contributed by atoms with Crippen LogP contribution < -0.4 is 10.6 Å². The lowest BCUT2D eigenvalue weighted by molar-refractivity contribution is -0.384. The molecule has 0 atom stereocenters. The highest BCUT2D eigenvalue weighted by molar-refractivity contribution is 5.98. The molecule has 0 unspecified atom stereocenters. The molecule has 0 saturated carbocycles. The van der Waals surface area contributed by atoms with E-state index in [4.69, 9.17) is 10.9 Å². The fourth-order valence-electron chi connectivity index (χ4n) is 2.44. The Morgan fingerprint density at radius 3 is 2.81 bits per heavy atom. The minimum atomic E-state index is -0.432. The maximum atomic E-state index is 11.3. The number of anilines is 1. The van der Waals surface area contributed by atoms with Gasteiger partial charge in [0.15, 0.2) is 5.84 Å². The van der Waals surface area contributed by atoms with Crippen LogP contribution in [-0.2, 0) is 0 Å². The first-order valence-electron chi connectivity index (χ1n) is 6.72. The Morgan fingerprint density at radius 1 is 1.38 bits per heavy atom. The van der Waals surface area contributed by atoms with Crippen molar-refractivity contribution in [3.05, 3.63) is 33.9 Å². The van der Waals surface area contributed by atoms with Gasteiger partial charge in [-0.1, -0.05) is 5.16 Å². The summed E-state index contributed by atoms with van der Waals surface area (Å²) in [5.41, 5.74) is 6.37. The van der Waals surface area contributed by atoms with Crippen LogP contribution in [0, 0.1) is 10.1 Å². The Balaban J connectivity index is 2.36. The van der Waals surface area contributed by atoms with Crippen LogP contribution in [0.4, 0.5) is 11.4 Å². The van der Waals surface area contributed by atoms with Crippen molar-refractivity contribution >= 4 is 17.2 Å². The van der Waals surface area contributed by atoms with E-state index < -0.39 is 4.92 Å².